The van der Waals surface area contributed by atoms with Crippen molar-refractivity contribution in [3.8, 4) is 0 Å². The highest BCUT2D eigenvalue weighted by molar-refractivity contribution is 5.82. The Morgan fingerprint density at radius 2 is 1.95 bits per heavy atom. The maximum absolute atomic E-state index is 12.9. The number of rotatable bonds is 1. The zero-order chi connectivity index (χ0) is 14.2. The van der Waals surface area contributed by atoms with Gasteiger partial charge in [0.05, 0.1) is 5.60 Å². The molecule has 0 aromatic rings. The molecule has 1 aliphatic carbocycles. The van der Waals surface area contributed by atoms with Crippen molar-refractivity contribution in [2.75, 3.05) is 26.2 Å². The zero-order valence-corrected chi connectivity index (χ0v) is 12.7. The minimum atomic E-state index is -0.482. The summed E-state index contributed by atoms with van der Waals surface area (Å²) in [7, 11) is 0. The molecule has 0 radical (unpaired) electrons. The van der Waals surface area contributed by atoms with Crippen molar-refractivity contribution in [1.29, 1.82) is 0 Å². The van der Waals surface area contributed by atoms with Crippen molar-refractivity contribution in [3.05, 3.63) is 0 Å². The molecule has 2 heterocycles. The van der Waals surface area contributed by atoms with Gasteiger partial charge in [0, 0.05) is 24.4 Å². The molecule has 3 fully saturated rings. The Morgan fingerprint density at radius 1 is 1.20 bits per heavy atom. The number of carbonyl (C=O) groups excluding carboxylic acids is 1. The third kappa shape index (κ3) is 2.48. The van der Waals surface area contributed by atoms with E-state index < -0.39 is 5.60 Å². The number of fused-ring (bicyclic) bond motifs is 1. The van der Waals surface area contributed by atoms with Crippen LogP contribution in [0.25, 0.3) is 0 Å². The predicted octanol–water partition coefficient (Wildman–Crippen LogP) is 1.53. The maximum atomic E-state index is 12.9. The molecule has 114 valence electrons. The van der Waals surface area contributed by atoms with Crippen molar-refractivity contribution < 1.29 is 9.90 Å². The third-order valence-corrected chi connectivity index (χ3v) is 5.94. The summed E-state index contributed by atoms with van der Waals surface area (Å²) >= 11 is 0. The molecule has 4 nitrogen and oxygen atoms in total. The Balaban J connectivity index is 1.68. The van der Waals surface area contributed by atoms with Crippen LogP contribution in [-0.2, 0) is 4.79 Å². The number of carbonyl (C=O) groups is 1. The van der Waals surface area contributed by atoms with E-state index in [1.54, 1.807) is 0 Å². The van der Waals surface area contributed by atoms with Crippen LogP contribution in [0, 0.1) is 11.3 Å². The molecule has 3 aliphatic rings. The third-order valence-electron chi connectivity index (χ3n) is 5.94. The van der Waals surface area contributed by atoms with E-state index in [4.69, 9.17) is 0 Å². The Hall–Kier alpha value is -0.610. The average molecular weight is 280 g/mol. The van der Waals surface area contributed by atoms with E-state index in [9.17, 15) is 9.90 Å². The first-order valence-electron chi connectivity index (χ1n) is 8.26. The Morgan fingerprint density at radius 3 is 2.70 bits per heavy atom. The fraction of sp³-hybridized carbons (Fsp3) is 0.938. The van der Waals surface area contributed by atoms with Crippen LogP contribution in [0.15, 0.2) is 0 Å². The molecular weight excluding hydrogens is 252 g/mol. The van der Waals surface area contributed by atoms with Crippen molar-refractivity contribution in [2.24, 2.45) is 11.3 Å². The summed E-state index contributed by atoms with van der Waals surface area (Å²) in [5.74, 6) is 0.630. The van der Waals surface area contributed by atoms with E-state index in [0.717, 1.165) is 64.7 Å². The number of hydrogen-bond acceptors (Lipinski definition) is 3. The quantitative estimate of drug-likeness (QED) is 0.766. The van der Waals surface area contributed by atoms with Crippen LogP contribution < -0.4 is 5.32 Å². The van der Waals surface area contributed by atoms with E-state index in [-0.39, 0.29) is 5.41 Å². The normalized spacial score (nSPS) is 37.3. The lowest BCUT2D eigenvalue weighted by molar-refractivity contribution is -0.154. The lowest BCUT2D eigenvalue weighted by atomic mass is 9.70. The molecule has 0 bridgehead atoms. The number of likely N-dealkylation sites (tertiary alicyclic amines) is 1. The van der Waals surface area contributed by atoms with Gasteiger partial charge >= 0.3 is 0 Å². The number of piperidine rings is 2. The van der Waals surface area contributed by atoms with Gasteiger partial charge < -0.3 is 15.3 Å². The molecule has 2 unspecified atom stereocenters. The predicted molar refractivity (Wildman–Crippen MR) is 78.3 cm³/mol. The Labute approximate surface area is 121 Å². The molecule has 1 saturated carbocycles. The number of amides is 1. The fourth-order valence-corrected chi connectivity index (χ4v) is 4.33. The molecule has 2 N–H and O–H groups in total. The first kappa shape index (κ1) is 14.3. The number of nitrogens with zero attached hydrogens (tertiary/aromatic N) is 1. The molecule has 4 heteroatoms. The molecule has 20 heavy (non-hydrogen) atoms. The SMILES string of the molecule is CC1(C(=O)N2CCC3(O)CCCCC3C2)CCNCC1. The molecular formula is C16H28N2O2. The molecule has 0 aromatic heterocycles. The molecule has 3 rings (SSSR count). The van der Waals surface area contributed by atoms with Crippen LogP contribution in [0.5, 0.6) is 0 Å². The second-order valence-electron chi connectivity index (χ2n) is 7.36. The topological polar surface area (TPSA) is 52.6 Å². The van der Waals surface area contributed by atoms with Crippen molar-refractivity contribution in [2.45, 2.75) is 57.5 Å². The smallest absolute Gasteiger partial charge is 0.228 e. The van der Waals surface area contributed by atoms with Crippen LogP contribution in [0.2, 0.25) is 0 Å². The Bertz CT molecular complexity index is 379. The fourth-order valence-electron chi connectivity index (χ4n) is 4.33. The lowest BCUT2D eigenvalue weighted by Gasteiger charge is -2.49. The summed E-state index contributed by atoms with van der Waals surface area (Å²) < 4.78 is 0. The van der Waals surface area contributed by atoms with Gasteiger partial charge in [-0.3, -0.25) is 4.79 Å². The highest BCUT2D eigenvalue weighted by atomic mass is 16.3. The number of hydrogen-bond donors (Lipinski definition) is 2. The number of aliphatic hydroxyl groups is 1. The molecule has 2 saturated heterocycles. The van der Waals surface area contributed by atoms with Gasteiger partial charge in [-0.15, -0.1) is 0 Å². The van der Waals surface area contributed by atoms with Crippen molar-refractivity contribution in [1.82, 2.24) is 10.2 Å². The average Bonchev–Trinajstić information content (AvgIpc) is 2.46. The van der Waals surface area contributed by atoms with Crippen molar-refractivity contribution >= 4 is 5.91 Å². The summed E-state index contributed by atoms with van der Waals surface area (Å²) in [4.78, 5) is 14.9. The van der Waals surface area contributed by atoms with E-state index in [1.807, 2.05) is 0 Å². The first-order valence-corrected chi connectivity index (χ1v) is 8.26. The van der Waals surface area contributed by atoms with Gasteiger partial charge in [0.15, 0.2) is 0 Å². The minimum absolute atomic E-state index is 0.185. The van der Waals surface area contributed by atoms with E-state index in [1.165, 1.54) is 6.42 Å². The van der Waals surface area contributed by atoms with Crippen LogP contribution in [0.3, 0.4) is 0 Å². The molecule has 2 atom stereocenters. The Kier molecular flexibility index (Phi) is 3.80. The van der Waals surface area contributed by atoms with Crippen LogP contribution >= 0.6 is 0 Å². The van der Waals surface area contributed by atoms with E-state index in [2.05, 4.69) is 17.1 Å². The van der Waals surface area contributed by atoms with Crippen LogP contribution in [-0.4, -0.2) is 47.7 Å². The molecule has 0 aromatic carbocycles. The largest absolute Gasteiger partial charge is 0.389 e. The highest BCUT2D eigenvalue weighted by Crippen LogP contribution is 2.41. The van der Waals surface area contributed by atoms with Crippen molar-refractivity contribution in [3.63, 3.8) is 0 Å². The van der Waals surface area contributed by atoms with Gasteiger partial charge in [-0.25, -0.2) is 0 Å². The zero-order valence-electron chi connectivity index (χ0n) is 12.7. The summed E-state index contributed by atoms with van der Waals surface area (Å²) in [6.45, 7) is 5.54. The summed E-state index contributed by atoms with van der Waals surface area (Å²) in [5.41, 5.74) is -0.667. The summed E-state index contributed by atoms with van der Waals surface area (Å²) in [5, 5.41) is 14.1. The summed E-state index contributed by atoms with van der Waals surface area (Å²) in [6.07, 6.45) is 7.02. The van der Waals surface area contributed by atoms with Gasteiger partial charge in [-0.05, 0) is 45.2 Å². The first-order chi connectivity index (χ1) is 9.54. The maximum Gasteiger partial charge on any atom is 0.228 e. The summed E-state index contributed by atoms with van der Waals surface area (Å²) in [6, 6.07) is 0. The van der Waals surface area contributed by atoms with E-state index >= 15 is 0 Å². The number of nitrogens with one attached hydrogen (secondary N) is 1. The van der Waals surface area contributed by atoms with Gasteiger partial charge in [-0.1, -0.05) is 19.8 Å². The van der Waals surface area contributed by atoms with Crippen LogP contribution in [0.4, 0.5) is 0 Å². The second kappa shape index (κ2) is 5.30. The second-order valence-corrected chi connectivity index (χ2v) is 7.36. The van der Waals surface area contributed by atoms with Gasteiger partial charge in [0.1, 0.15) is 0 Å². The van der Waals surface area contributed by atoms with E-state index in [0.29, 0.717) is 11.8 Å². The van der Waals surface area contributed by atoms with Gasteiger partial charge in [0.25, 0.3) is 0 Å². The molecule has 0 spiro atoms. The van der Waals surface area contributed by atoms with Gasteiger partial charge in [-0.2, -0.15) is 0 Å². The molecule has 1 amide bonds. The highest BCUT2D eigenvalue weighted by Gasteiger charge is 2.46. The standard InChI is InChI=1S/C16H28N2O2/c1-15(6-9-17-10-7-15)14(19)18-11-8-16(20)5-3-2-4-13(16)12-18/h13,17,20H,2-12H2,1H3. The minimum Gasteiger partial charge on any atom is -0.389 e. The lowest BCUT2D eigenvalue weighted by Crippen LogP contribution is -2.57. The van der Waals surface area contributed by atoms with Crippen LogP contribution in [0.1, 0.15) is 51.9 Å². The molecule has 2 aliphatic heterocycles. The van der Waals surface area contributed by atoms with Gasteiger partial charge in [0.2, 0.25) is 5.91 Å². The monoisotopic (exact) mass is 280 g/mol.